The summed E-state index contributed by atoms with van der Waals surface area (Å²) in [5.74, 6) is 0.569. The fraction of sp³-hybridized carbons (Fsp3) is 0.143. The maximum Gasteiger partial charge on any atom is 0.0959 e. The first-order valence-electron chi connectivity index (χ1n) is 3.09. The van der Waals surface area contributed by atoms with Gasteiger partial charge in [-0.1, -0.05) is 12.1 Å². The van der Waals surface area contributed by atoms with Gasteiger partial charge in [-0.2, -0.15) is 0 Å². The second kappa shape index (κ2) is 2.09. The molecule has 0 unspecified atom stereocenters. The lowest BCUT2D eigenvalue weighted by Crippen LogP contribution is -1.94. The summed E-state index contributed by atoms with van der Waals surface area (Å²) in [6, 6.07) is 7.68. The molecule has 1 N–H and O–H groups in total. The van der Waals surface area contributed by atoms with Crippen LogP contribution in [0.4, 0.5) is 5.69 Å². The monoisotopic (exact) mass is 153 g/mol. The van der Waals surface area contributed by atoms with Crippen LogP contribution in [-0.4, -0.2) is 10.1 Å². The number of rotatable bonds is 0. The second-order valence-corrected chi connectivity index (χ2v) is 3.58. The summed E-state index contributed by atoms with van der Waals surface area (Å²) in [4.78, 5) is 0.933. The topological polar surface area (TPSA) is 29.1 Å². The molecular weight excluding hydrogens is 146 g/mol. The molecule has 0 saturated heterocycles. The molecule has 3 heteroatoms. The molecule has 0 aromatic heterocycles. The van der Waals surface area contributed by atoms with Crippen LogP contribution in [0.1, 0.15) is 0 Å². The van der Waals surface area contributed by atoms with E-state index in [1.54, 1.807) is 0 Å². The van der Waals surface area contributed by atoms with Gasteiger partial charge >= 0.3 is 0 Å². The summed E-state index contributed by atoms with van der Waals surface area (Å²) in [6.45, 7) is 0. The van der Waals surface area contributed by atoms with E-state index >= 15 is 0 Å². The Bertz CT molecular complexity index is 285. The largest absolute Gasteiger partial charge is 0.372 e. The van der Waals surface area contributed by atoms with E-state index in [-0.39, 0.29) is 0 Å². The van der Waals surface area contributed by atoms with Crippen LogP contribution < -0.4 is 5.32 Å². The van der Waals surface area contributed by atoms with Crippen molar-refractivity contribution in [1.29, 1.82) is 0 Å². The van der Waals surface area contributed by atoms with Crippen LogP contribution in [0.5, 0.6) is 0 Å². The van der Waals surface area contributed by atoms with Gasteiger partial charge in [0.1, 0.15) is 0 Å². The van der Waals surface area contributed by atoms with E-state index < -0.39 is 10.8 Å². The van der Waals surface area contributed by atoms with Crippen molar-refractivity contribution in [2.45, 2.75) is 4.90 Å². The maximum absolute atomic E-state index is 11.1. The first-order chi connectivity index (χ1) is 4.88. The SMILES string of the molecule is O=[S@@]1CNc2ccccc21. The van der Waals surface area contributed by atoms with Crippen molar-refractivity contribution in [2.24, 2.45) is 0 Å². The number of anilines is 1. The Kier molecular flexibility index (Phi) is 1.24. The molecule has 52 valence electrons. The summed E-state index contributed by atoms with van der Waals surface area (Å²) in [5.41, 5.74) is 1.01. The number of para-hydroxylation sites is 1. The standard InChI is InChI=1S/C7H7NOS/c9-10-5-8-6-3-1-2-4-7(6)10/h1-4,8H,5H2/t10-/m1/s1. The molecule has 0 amide bonds. The van der Waals surface area contributed by atoms with Crippen LogP contribution >= 0.6 is 0 Å². The van der Waals surface area contributed by atoms with Gasteiger partial charge in [0.05, 0.1) is 27.3 Å². The van der Waals surface area contributed by atoms with Crippen LogP contribution in [0.25, 0.3) is 0 Å². The van der Waals surface area contributed by atoms with Crippen LogP contribution in [0.15, 0.2) is 29.2 Å². The molecule has 1 aliphatic heterocycles. The maximum atomic E-state index is 11.1. The lowest BCUT2D eigenvalue weighted by Gasteiger charge is -1.92. The van der Waals surface area contributed by atoms with Crippen molar-refractivity contribution in [1.82, 2.24) is 0 Å². The summed E-state index contributed by atoms with van der Waals surface area (Å²) in [6.07, 6.45) is 0. The molecule has 1 heterocycles. The molecule has 0 aliphatic carbocycles. The highest BCUT2D eigenvalue weighted by molar-refractivity contribution is 7.85. The molecule has 1 aromatic carbocycles. The minimum Gasteiger partial charge on any atom is -0.372 e. The lowest BCUT2D eigenvalue weighted by atomic mass is 10.3. The fourth-order valence-corrected chi connectivity index (χ4v) is 2.09. The average Bonchev–Trinajstić information content (AvgIpc) is 2.34. The van der Waals surface area contributed by atoms with E-state index in [4.69, 9.17) is 0 Å². The molecule has 0 fully saturated rings. The van der Waals surface area contributed by atoms with E-state index in [0.717, 1.165) is 10.6 Å². The van der Waals surface area contributed by atoms with Crippen molar-refractivity contribution < 1.29 is 4.21 Å². The zero-order valence-corrected chi connectivity index (χ0v) is 6.15. The predicted molar refractivity (Wildman–Crippen MR) is 41.3 cm³/mol. The van der Waals surface area contributed by atoms with Crippen LogP contribution in [0.3, 0.4) is 0 Å². The molecular formula is C7H7NOS. The minimum absolute atomic E-state index is 0.569. The summed E-state index contributed by atoms with van der Waals surface area (Å²) >= 11 is 0. The van der Waals surface area contributed by atoms with Gasteiger partial charge < -0.3 is 5.32 Å². The Labute approximate surface area is 61.7 Å². The number of hydrogen-bond acceptors (Lipinski definition) is 2. The Balaban J connectivity index is 2.61. The summed E-state index contributed by atoms with van der Waals surface area (Å²) < 4.78 is 11.1. The third kappa shape index (κ3) is 0.743. The molecule has 0 radical (unpaired) electrons. The Morgan fingerprint density at radius 2 is 2.20 bits per heavy atom. The molecule has 0 saturated carbocycles. The van der Waals surface area contributed by atoms with Gasteiger partial charge in [-0.25, -0.2) is 0 Å². The van der Waals surface area contributed by atoms with E-state index in [2.05, 4.69) is 5.32 Å². The predicted octanol–water partition coefficient (Wildman–Crippen LogP) is 1.18. The molecule has 2 rings (SSSR count). The Morgan fingerprint density at radius 1 is 1.40 bits per heavy atom. The van der Waals surface area contributed by atoms with E-state index in [1.165, 1.54) is 0 Å². The number of fused-ring (bicyclic) bond motifs is 1. The van der Waals surface area contributed by atoms with Crippen molar-refractivity contribution in [3.05, 3.63) is 24.3 Å². The number of nitrogens with one attached hydrogen (secondary N) is 1. The third-order valence-corrected chi connectivity index (χ3v) is 2.78. The zero-order chi connectivity index (χ0) is 6.97. The Morgan fingerprint density at radius 3 is 3.00 bits per heavy atom. The molecule has 0 spiro atoms. The van der Waals surface area contributed by atoms with Crippen LogP contribution in [-0.2, 0) is 10.8 Å². The first kappa shape index (κ1) is 5.92. The molecule has 1 aromatic rings. The highest BCUT2D eigenvalue weighted by atomic mass is 32.2. The van der Waals surface area contributed by atoms with Crippen LogP contribution in [0, 0.1) is 0 Å². The van der Waals surface area contributed by atoms with Gasteiger partial charge in [0, 0.05) is 0 Å². The van der Waals surface area contributed by atoms with E-state index in [1.807, 2.05) is 24.3 Å². The highest BCUT2D eigenvalue weighted by Gasteiger charge is 2.14. The van der Waals surface area contributed by atoms with E-state index in [0.29, 0.717) is 5.88 Å². The first-order valence-corrected chi connectivity index (χ1v) is 4.41. The van der Waals surface area contributed by atoms with Gasteiger partial charge in [0.25, 0.3) is 0 Å². The summed E-state index contributed by atoms with van der Waals surface area (Å²) in [7, 11) is -0.809. The van der Waals surface area contributed by atoms with Crippen LogP contribution in [0.2, 0.25) is 0 Å². The van der Waals surface area contributed by atoms with Crippen molar-refractivity contribution in [3.8, 4) is 0 Å². The van der Waals surface area contributed by atoms with Gasteiger partial charge in [0.2, 0.25) is 0 Å². The fourth-order valence-electron chi connectivity index (χ4n) is 1.03. The van der Waals surface area contributed by atoms with E-state index in [9.17, 15) is 4.21 Å². The van der Waals surface area contributed by atoms with Gasteiger partial charge in [-0.3, -0.25) is 4.21 Å². The number of hydrogen-bond donors (Lipinski definition) is 1. The molecule has 1 aliphatic rings. The molecule has 0 bridgehead atoms. The lowest BCUT2D eigenvalue weighted by molar-refractivity contribution is 0.686. The van der Waals surface area contributed by atoms with Gasteiger partial charge in [0.15, 0.2) is 0 Å². The van der Waals surface area contributed by atoms with Gasteiger partial charge in [-0.05, 0) is 12.1 Å². The minimum atomic E-state index is -0.809. The number of benzene rings is 1. The second-order valence-electron chi connectivity index (χ2n) is 2.16. The highest BCUT2D eigenvalue weighted by Crippen LogP contribution is 2.24. The third-order valence-electron chi connectivity index (χ3n) is 1.53. The summed E-state index contributed by atoms with van der Waals surface area (Å²) in [5, 5.41) is 3.05. The smallest absolute Gasteiger partial charge is 0.0959 e. The van der Waals surface area contributed by atoms with Crippen molar-refractivity contribution >= 4 is 16.5 Å². The zero-order valence-electron chi connectivity index (χ0n) is 5.33. The Hall–Kier alpha value is -0.830. The van der Waals surface area contributed by atoms with Crippen molar-refractivity contribution in [2.75, 3.05) is 11.2 Å². The molecule has 1 atom stereocenters. The quantitative estimate of drug-likeness (QED) is 0.606. The van der Waals surface area contributed by atoms with Gasteiger partial charge in [-0.15, -0.1) is 0 Å². The molecule has 10 heavy (non-hydrogen) atoms. The van der Waals surface area contributed by atoms with Crippen molar-refractivity contribution in [3.63, 3.8) is 0 Å². The molecule has 2 nitrogen and oxygen atoms in total. The normalized spacial score (nSPS) is 21.8. The average molecular weight is 153 g/mol.